The highest BCUT2D eigenvalue weighted by Crippen LogP contribution is 2.32. The molecule has 0 aromatic carbocycles. The molecule has 0 fully saturated rings. The number of hydrogen-bond acceptors (Lipinski definition) is 5. The van der Waals surface area contributed by atoms with E-state index in [0.717, 1.165) is 6.42 Å². The second-order valence-corrected chi connectivity index (χ2v) is 23.9. The number of rotatable bonds is 14. The molecule has 1 atom stereocenters. The largest absolute Gasteiger partial charge is 0.513 e. The monoisotopic (exact) mass is 472 g/mol. The van der Waals surface area contributed by atoms with E-state index < -0.39 is 45.5 Å². The van der Waals surface area contributed by atoms with E-state index in [9.17, 15) is 4.79 Å². The first-order chi connectivity index (χ1) is 13.1. The van der Waals surface area contributed by atoms with Crippen LogP contribution in [-0.4, -0.2) is 45.5 Å². The Bertz CT molecular complexity index is 573. The lowest BCUT2D eigenvalue weighted by atomic mass is 10.3. The first-order valence-corrected chi connectivity index (χ1v) is 20.7. The van der Waals surface area contributed by atoms with Gasteiger partial charge < -0.3 is 17.1 Å². The maximum absolute atomic E-state index is 12.5. The average Bonchev–Trinajstić information content (AvgIpc) is 2.59. The Morgan fingerprint density at radius 3 is 1.45 bits per heavy atom. The molecule has 0 saturated carbocycles. The van der Waals surface area contributed by atoms with Crippen LogP contribution < -0.4 is 0 Å². The molecule has 0 aromatic rings. The zero-order valence-electron chi connectivity index (χ0n) is 19.6. The van der Waals surface area contributed by atoms with Crippen LogP contribution >= 0.6 is 0 Å². The highest BCUT2D eigenvalue weighted by Gasteiger charge is 2.58. The summed E-state index contributed by atoms with van der Waals surface area (Å²) < 4.78 is 26.1. The third kappa shape index (κ3) is 9.24. The van der Waals surface area contributed by atoms with Crippen molar-refractivity contribution in [3.05, 3.63) is 49.0 Å². The Balaban J connectivity index is 6.69. The number of carbonyl (C=O) groups excluding carboxylic acids is 1. The van der Waals surface area contributed by atoms with E-state index in [-0.39, 0.29) is 0 Å². The van der Waals surface area contributed by atoms with Crippen LogP contribution in [0.3, 0.4) is 0 Å². The summed E-state index contributed by atoms with van der Waals surface area (Å²) in [5.74, 6) is -0.467. The molecule has 0 aromatic heterocycles. The van der Waals surface area contributed by atoms with Crippen molar-refractivity contribution >= 4 is 39.7 Å². The Hall–Kier alpha value is -0.822. The van der Waals surface area contributed by atoms with Crippen LogP contribution in [0.4, 0.5) is 0 Å². The van der Waals surface area contributed by atoms with Gasteiger partial charge in [-0.1, -0.05) is 37.0 Å². The van der Waals surface area contributed by atoms with Gasteiger partial charge in [0.2, 0.25) is 25.0 Å². The molecule has 0 amide bonds. The summed E-state index contributed by atoms with van der Waals surface area (Å²) in [6, 6.07) is 0. The Kier molecular flexibility index (Phi) is 10.7. The molecule has 166 valence electrons. The molecule has 0 spiro atoms. The van der Waals surface area contributed by atoms with Gasteiger partial charge in [0.1, 0.15) is 0 Å². The molecule has 5 nitrogen and oxygen atoms in total. The van der Waals surface area contributed by atoms with E-state index in [0.29, 0.717) is 12.0 Å². The van der Waals surface area contributed by atoms with Crippen LogP contribution in [-0.2, 0) is 21.9 Å². The summed E-state index contributed by atoms with van der Waals surface area (Å²) in [5, 5.41) is 0. The SMILES string of the molecule is C=C[Si](C)(C)O[Si](O[Si](C)(C)C=C)(O[Si](C)(C)C=C)C(CCC)OC(=O)C(=C)C. The van der Waals surface area contributed by atoms with Gasteiger partial charge in [-0.05, 0) is 52.6 Å². The van der Waals surface area contributed by atoms with Crippen molar-refractivity contribution in [3.8, 4) is 0 Å². The van der Waals surface area contributed by atoms with E-state index in [1.807, 2.05) is 63.3 Å². The van der Waals surface area contributed by atoms with Gasteiger partial charge in [-0.25, -0.2) is 4.79 Å². The third-order valence-corrected chi connectivity index (χ3v) is 18.1. The van der Waals surface area contributed by atoms with Crippen LogP contribution in [0, 0.1) is 0 Å². The van der Waals surface area contributed by atoms with Gasteiger partial charge >= 0.3 is 14.8 Å². The van der Waals surface area contributed by atoms with Crippen molar-refractivity contribution in [2.45, 2.75) is 71.7 Å². The minimum atomic E-state index is -3.54. The first kappa shape index (κ1) is 28.2. The average molecular weight is 473 g/mol. The summed E-state index contributed by atoms with van der Waals surface area (Å²) >= 11 is 0. The minimum absolute atomic E-state index is 0.328. The van der Waals surface area contributed by atoms with Crippen molar-refractivity contribution in [3.63, 3.8) is 0 Å². The maximum atomic E-state index is 12.5. The Labute approximate surface area is 182 Å². The summed E-state index contributed by atoms with van der Waals surface area (Å²) in [5.41, 5.74) is 5.22. The fourth-order valence-electron chi connectivity index (χ4n) is 2.28. The predicted octanol–water partition coefficient (Wildman–Crippen LogP) is 5.59. The van der Waals surface area contributed by atoms with Gasteiger partial charge in [-0.2, -0.15) is 0 Å². The van der Waals surface area contributed by atoms with Crippen LogP contribution in [0.1, 0.15) is 26.7 Å². The van der Waals surface area contributed by atoms with E-state index >= 15 is 0 Å². The fourth-order valence-corrected chi connectivity index (χ4v) is 16.2. The molecule has 0 N–H and O–H groups in total. The summed E-state index contributed by atoms with van der Waals surface area (Å²) in [4.78, 5) is 12.5. The van der Waals surface area contributed by atoms with Gasteiger partial charge in [0, 0.05) is 5.57 Å². The highest BCUT2D eigenvalue weighted by atomic mass is 28.5. The third-order valence-electron chi connectivity index (χ3n) is 4.23. The molecule has 9 heteroatoms. The standard InChI is InChI=1S/C20H40O5Si4/c1-13-17-19(22-20(21)18(5)6)29(23-26(7,8)14-2,24-27(9,10)15-3)25-28(11,12)16-4/h14-16,19H,2-5,13,17H2,1,6-12H3. The van der Waals surface area contributed by atoms with Crippen LogP contribution in [0.15, 0.2) is 49.0 Å². The molecule has 29 heavy (non-hydrogen) atoms. The van der Waals surface area contributed by atoms with E-state index in [4.69, 9.17) is 17.1 Å². The molecular formula is C20H40O5Si4. The summed E-state index contributed by atoms with van der Waals surface area (Å²) in [6.45, 7) is 31.4. The molecule has 0 rings (SSSR count). The minimum Gasteiger partial charge on any atom is -0.455 e. The lowest BCUT2D eigenvalue weighted by Crippen LogP contribution is -2.68. The molecule has 0 aliphatic heterocycles. The highest BCUT2D eigenvalue weighted by molar-refractivity contribution is 6.94. The Morgan fingerprint density at radius 2 is 1.21 bits per heavy atom. The van der Waals surface area contributed by atoms with Gasteiger partial charge in [0.05, 0.1) is 0 Å². The number of esters is 1. The quantitative estimate of drug-likeness (QED) is 0.187. The van der Waals surface area contributed by atoms with Crippen molar-refractivity contribution in [1.82, 2.24) is 0 Å². The summed E-state index contributed by atoms with van der Waals surface area (Å²) in [7, 11) is -10.6. The van der Waals surface area contributed by atoms with Crippen molar-refractivity contribution in [1.29, 1.82) is 0 Å². The molecule has 0 aliphatic carbocycles. The van der Waals surface area contributed by atoms with Crippen molar-refractivity contribution in [2.75, 3.05) is 0 Å². The molecule has 0 saturated heterocycles. The second kappa shape index (κ2) is 11.0. The van der Waals surface area contributed by atoms with Crippen LogP contribution in [0.5, 0.6) is 0 Å². The first-order valence-electron chi connectivity index (χ1n) is 9.97. The number of ether oxygens (including phenoxy) is 1. The zero-order valence-corrected chi connectivity index (χ0v) is 23.6. The van der Waals surface area contributed by atoms with Gasteiger partial charge in [-0.15, -0.1) is 19.7 Å². The normalized spacial score (nSPS) is 14.1. The smallest absolute Gasteiger partial charge is 0.455 e. The molecule has 0 bridgehead atoms. The van der Waals surface area contributed by atoms with Gasteiger partial charge in [0.15, 0.2) is 5.73 Å². The zero-order chi connectivity index (χ0) is 23.1. The van der Waals surface area contributed by atoms with Crippen LogP contribution in [0.25, 0.3) is 0 Å². The van der Waals surface area contributed by atoms with Crippen molar-refractivity contribution < 1.29 is 21.9 Å². The summed E-state index contributed by atoms with van der Waals surface area (Å²) in [6.07, 6.45) is 1.34. The topological polar surface area (TPSA) is 54.0 Å². The number of carbonyl (C=O) groups is 1. The second-order valence-electron chi connectivity index (χ2n) is 8.80. The maximum Gasteiger partial charge on any atom is 0.513 e. The lowest BCUT2D eigenvalue weighted by molar-refractivity contribution is -0.143. The van der Waals surface area contributed by atoms with E-state index in [1.54, 1.807) is 6.92 Å². The van der Waals surface area contributed by atoms with Crippen molar-refractivity contribution in [2.24, 2.45) is 0 Å². The van der Waals surface area contributed by atoms with Gasteiger partial charge in [0.25, 0.3) is 0 Å². The lowest BCUT2D eigenvalue weighted by Gasteiger charge is -2.46. The fraction of sp³-hybridized carbons (Fsp3) is 0.550. The van der Waals surface area contributed by atoms with Gasteiger partial charge in [-0.3, -0.25) is 0 Å². The molecule has 0 aliphatic rings. The number of hydrogen-bond donors (Lipinski definition) is 0. The predicted molar refractivity (Wildman–Crippen MR) is 132 cm³/mol. The van der Waals surface area contributed by atoms with E-state index in [2.05, 4.69) is 26.3 Å². The van der Waals surface area contributed by atoms with Crippen LogP contribution in [0.2, 0.25) is 39.3 Å². The molecule has 0 radical (unpaired) electrons. The van der Waals surface area contributed by atoms with E-state index in [1.165, 1.54) is 0 Å². The molecule has 1 unspecified atom stereocenters. The Morgan fingerprint density at radius 1 is 0.862 bits per heavy atom. The molecule has 0 heterocycles. The molecular weight excluding hydrogens is 433 g/mol.